The minimum atomic E-state index is -0.503. The highest BCUT2D eigenvalue weighted by molar-refractivity contribution is 8.11. The number of nitrogens with two attached hydrogens (primary N) is 1. The van der Waals surface area contributed by atoms with Crippen molar-refractivity contribution in [2.75, 3.05) is 0 Å². The van der Waals surface area contributed by atoms with Crippen molar-refractivity contribution in [3.63, 3.8) is 0 Å². The third-order valence-corrected chi connectivity index (χ3v) is 4.08. The second-order valence-corrected chi connectivity index (χ2v) is 6.07. The molecule has 5 heteroatoms. The van der Waals surface area contributed by atoms with Crippen LogP contribution < -0.4 is 5.73 Å². The Kier molecular flexibility index (Phi) is 9.26. The lowest BCUT2D eigenvalue weighted by molar-refractivity contribution is 0.0996. The smallest absolute Gasteiger partial charge is 0.268 e. The molecule has 0 saturated heterocycles. The van der Waals surface area contributed by atoms with E-state index in [2.05, 4.69) is 32.3 Å². The van der Waals surface area contributed by atoms with Gasteiger partial charge >= 0.3 is 0 Å². The van der Waals surface area contributed by atoms with Crippen LogP contribution in [0.5, 0.6) is 0 Å². The van der Waals surface area contributed by atoms with Crippen LogP contribution in [0.2, 0.25) is 0 Å². The second-order valence-electron chi connectivity index (χ2n) is 4.21. The largest absolute Gasteiger partial charge is 0.364 e. The molecular weight excluding hydrogens is 276 g/mol. The fraction of sp³-hybridized carbons (Fsp3) is 0.429. The molecule has 0 spiro atoms. The van der Waals surface area contributed by atoms with Crippen molar-refractivity contribution < 1.29 is 4.79 Å². The van der Waals surface area contributed by atoms with Crippen LogP contribution in [0.15, 0.2) is 23.4 Å². The van der Waals surface area contributed by atoms with E-state index in [1.54, 1.807) is 5.38 Å². The Hall–Kier alpha value is -1.07. The predicted octanol–water partition coefficient (Wildman–Crippen LogP) is 4.53. The van der Waals surface area contributed by atoms with Crippen LogP contribution in [0.25, 0.3) is 4.91 Å². The minimum absolute atomic E-state index is 0.298. The Morgan fingerprint density at radius 2 is 2.21 bits per heavy atom. The van der Waals surface area contributed by atoms with E-state index in [1.165, 1.54) is 29.5 Å². The van der Waals surface area contributed by atoms with Crippen LogP contribution in [0.1, 0.15) is 49.6 Å². The van der Waals surface area contributed by atoms with E-state index in [4.69, 9.17) is 5.73 Å². The van der Waals surface area contributed by atoms with Gasteiger partial charge in [0.2, 0.25) is 0 Å². The zero-order valence-corrected chi connectivity index (χ0v) is 13.6. The summed E-state index contributed by atoms with van der Waals surface area (Å²) in [5.74, 6) is 0.381. The summed E-state index contributed by atoms with van der Waals surface area (Å²) >= 11 is 2.85. The van der Waals surface area contributed by atoms with Crippen LogP contribution in [0.3, 0.4) is 0 Å². The van der Waals surface area contributed by atoms with Crippen molar-refractivity contribution in [3.8, 4) is 0 Å². The molecule has 0 aliphatic heterocycles. The molecule has 1 aromatic heterocycles. The number of allylic oxidation sites excluding steroid dienone is 1. The van der Waals surface area contributed by atoms with Gasteiger partial charge in [-0.3, -0.25) is 4.79 Å². The Bertz CT molecular complexity index is 436. The number of thiazole rings is 1. The number of aromatic nitrogens is 1. The molecule has 0 fully saturated rings. The molecule has 19 heavy (non-hydrogen) atoms. The lowest BCUT2D eigenvalue weighted by atomic mass is 10.2. The number of hydrogen-bond acceptors (Lipinski definition) is 4. The number of amides is 1. The number of rotatable bonds is 5. The van der Waals surface area contributed by atoms with Crippen molar-refractivity contribution in [3.05, 3.63) is 34.1 Å². The molecule has 0 radical (unpaired) electrons. The monoisotopic (exact) mass is 298 g/mol. The van der Waals surface area contributed by atoms with E-state index in [9.17, 15) is 4.79 Å². The summed E-state index contributed by atoms with van der Waals surface area (Å²) in [6, 6.07) is 0. The highest BCUT2D eigenvalue weighted by Gasteiger charge is 2.08. The molecular formula is C14H22N2OS2. The molecule has 1 rings (SSSR count). The molecule has 0 aromatic carbocycles. The van der Waals surface area contributed by atoms with E-state index in [0.29, 0.717) is 5.69 Å². The number of primary amides is 1. The maximum absolute atomic E-state index is 10.8. The molecule has 1 heterocycles. The molecule has 1 amide bonds. The molecule has 2 N–H and O–H groups in total. The standard InChI is InChI=1S/C9H10N2OS2.C5H12/c1-3-4-13-6(2)9-11-7(5-14-9)8(10)12;1-4-5(2)3/h3-5H,2H2,1H3,(H2,10,12);5H,4H2,1-3H3/b4-3-;. The number of carbonyl (C=O) groups is 1. The zero-order chi connectivity index (χ0) is 14.8. The Balaban J connectivity index is 0.000000555. The van der Waals surface area contributed by atoms with Crippen molar-refractivity contribution in [2.45, 2.75) is 34.1 Å². The van der Waals surface area contributed by atoms with Crippen molar-refractivity contribution in [1.29, 1.82) is 0 Å². The average Bonchev–Trinajstić information content (AvgIpc) is 2.86. The SMILES string of the molecule is C=C(S/C=C\C)c1nc(C(N)=O)cs1.CCC(C)C. The summed E-state index contributed by atoms with van der Waals surface area (Å²) in [7, 11) is 0. The molecule has 3 nitrogen and oxygen atoms in total. The van der Waals surface area contributed by atoms with Crippen LogP contribution in [-0.4, -0.2) is 10.9 Å². The topological polar surface area (TPSA) is 56.0 Å². The van der Waals surface area contributed by atoms with Gasteiger partial charge < -0.3 is 5.73 Å². The first kappa shape index (κ1) is 17.9. The van der Waals surface area contributed by atoms with Crippen LogP contribution in [-0.2, 0) is 0 Å². The van der Waals surface area contributed by atoms with E-state index >= 15 is 0 Å². The van der Waals surface area contributed by atoms with E-state index in [-0.39, 0.29) is 0 Å². The summed E-state index contributed by atoms with van der Waals surface area (Å²) < 4.78 is 0. The van der Waals surface area contributed by atoms with E-state index in [1.807, 2.05) is 18.4 Å². The third kappa shape index (κ3) is 7.85. The lowest BCUT2D eigenvalue weighted by Crippen LogP contribution is -2.11. The average molecular weight is 298 g/mol. The molecule has 1 aromatic rings. The molecule has 0 saturated carbocycles. The summed E-state index contributed by atoms with van der Waals surface area (Å²) in [4.78, 5) is 15.6. The minimum Gasteiger partial charge on any atom is -0.364 e. The van der Waals surface area contributed by atoms with Crippen molar-refractivity contribution >= 4 is 33.9 Å². The van der Waals surface area contributed by atoms with Crippen molar-refractivity contribution in [1.82, 2.24) is 4.98 Å². The molecule has 0 bridgehead atoms. The maximum Gasteiger partial charge on any atom is 0.268 e. The van der Waals surface area contributed by atoms with Crippen LogP contribution >= 0.6 is 23.1 Å². The Labute approximate surface area is 124 Å². The van der Waals surface area contributed by atoms with Gasteiger partial charge in [-0.2, -0.15) is 0 Å². The zero-order valence-electron chi connectivity index (χ0n) is 12.0. The van der Waals surface area contributed by atoms with Gasteiger partial charge in [-0.1, -0.05) is 51.6 Å². The summed E-state index contributed by atoms with van der Waals surface area (Å²) in [6.07, 6.45) is 3.22. The summed E-state index contributed by atoms with van der Waals surface area (Å²) in [6.45, 7) is 12.4. The Morgan fingerprint density at radius 1 is 1.63 bits per heavy atom. The number of hydrogen-bond donors (Lipinski definition) is 1. The Morgan fingerprint density at radius 3 is 2.58 bits per heavy atom. The first-order chi connectivity index (χ1) is 8.92. The van der Waals surface area contributed by atoms with E-state index in [0.717, 1.165) is 15.8 Å². The molecule has 0 aliphatic rings. The molecule has 0 unspecified atom stereocenters. The van der Waals surface area contributed by atoms with Gasteiger partial charge in [-0.25, -0.2) is 4.98 Å². The fourth-order valence-electron chi connectivity index (χ4n) is 0.716. The highest BCUT2D eigenvalue weighted by atomic mass is 32.2. The van der Waals surface area contributed by atoms with Crippen LogP contribution in [0.4, 0.5) is 0 Å². The lowest BCUT2D eigenvalue weighted by Gasteiger charge is -1.94. The molecule has 0 aliphatic carbocycles. The van der Waals surface area contributed by atoms with Gasteiger partial charge in [0.1, 0.15) is 10.7 Å². The predicted molar refractivity (Wildman–Crippen MR) is 87.2 cm³/mol. The summed E-state index contributed by atoms with van der Waals surface area (Å²) in [5, 5.41) is 4.29. The highest BCUT2D eigenvalue weighted by Crippen LogP contribution is 2.28. The van der Waals surface area contributed by atoms with Crippen LogP contribution in [0, 0.1) is 5.92 Å². The fourth-order valence-corrected chi connectivity index (χ4v) is 2.13. The van der Waals surface area contributed by atoms with Gasteiger partial charge in [-0.15, -0.1) is 11.3 Å². The number of thioether (sulfide) groups is 1. The first-order valence-electron chi connectivity index (χ1n) is 6.14. The first-order valence-corrected chi connectivity index (χ1v) is 7.90. The molecule has 0 atom stereocenters. The van der Waals surface area contributed by atoms with Gasteiger partial charge in [0.15, 0.2) is 0 Å². The maximum atomic E-state index is 10.8. The van der Waals surface area contributed by atoms with Gasteiger partial charge in [0, 0.05) is 10.3 Å². The number of nitrogens with zero attached hydrogens (tertiary/aromatic N) is 1. The van der Waals surface area contributed by atoms with Gasteiger partial charge in [0.25, 0.3) is 5.91 Å². The van der Waals surface area contributed by atoms with Gasteiger partial charge in [0.05, 0.1) is 0 Å². The third-order valence-electron chi connectivity index (χ3n) is 2.16. The quantitative estimate of drug-likeness (QED) is 0.868. The molecule has 106 valence electrons. The van der Waals surface area contributed by atoms with E-state index < -0.39 is 5.91 Å². The van der Waals surface area contributed by atoms with Gasteiger partial charge in [-0.05, 0) is 18.2 Å². The number of carbonyl (C=O) groups excluding carboxylic acids is 1. The van der Waals surface area contributed by atoms with Crippen molar-refractivity contribution in [2.24, 2.45) is 11.7 Å². The second kappa shape index (κ2) is 9.81. The summed E-state index contributed by atoms with van der Waals surface area (Å²) in [5.41, 5.74) is 5.38. The normalized spacial score (nSPS) is 10.4.